The fraction of sp³-hybridized carbons (Fsp3) is 0.520. The molecule has 2 aromatic rings. The second kappa shape index (κ2) is 7.82. The molecule has 1 aliphatic carbocycles. The molecule has 0 radical (unpaired) electrons. The van der Waals surface area contributed by atoms with Crippen molar-refractivity contribution in [2.45, 2.75) is 64.5 Å². The molecule has 5 atom stereocenters. The summed E-state index contributed by atoms with van der Waals surface area (Å²) in [5, 5.41) is 13.7. The molecule has 1 saturated carbocycles. The molecule has 4 rings (SSSR count). The van der Waals surface area contributed by atoms with Crippen LogP contribution in [0, 0.1) is 17.3 Å². The van der Waals surface area contributed by atoms with Crippen LogP contribution < -0.4 is 0 Å². The predicted molar refractivity (Wildman–Crippen MR) is 116 cm³/mol. The number of rotatable bonds is 2. The van der Waals surface area contributed by atoms with Crippen molar-refractivity contribution >= 4 is 11.6 Å². The molecule has 0 amide bonds. The molecule has 0 bridgehead atoms. The van der Waals surface area contributed by atoms with Crippen molar-refractivity contribution in [2.24, 2.45) is 17.3 Å². The van der Waals surface area contributed by atoms with E-state index in [-0.39, 0.29) is 12.1 Å². The minimum atomic E-state index is 0.0503. The van der Waals surface area contributed by atoms with Crippen molar-refractivity contribution in [1.82, 2.24) is 5.06 Å². The summed E-state index contributed by atoms with van der Waals surface area (Å²) in [4.78, 5) is 0. The first kappa shape index (κ1) is 19.9. The topological polar surface area (TPSA) is 23.5 Å². The number of nitrogens with zero attached hydrogens (tertiary/aromatic N) is 1. The normalized spacial score (nSPS) is 31.4. The molecule has 1 saturated heterocycles. The Bertz CT molecular complexity index is 782. The lowest BCUT2D eigenvalue weighted by Crippen LogP contribution is -2.51. The van der Waals surface area contributed by atoms with Gasteiger partial charge in [0.1, 0.15) is 0 Å². The lowest BCUT2D eigenvalue weighted by Gasteiger charge is -2.52. The van der Waals surface area contributed by atoms with E-state index in [9.17, 15) is 5.21 Å². The molecule has 2 fully saturated rings. The van der Waals surface area contributed by atoms with E-state index in [1.165, 1.54) is 24.0 Å². The van der Waals surface area contributed by atoms with E-state index in [4.69, 9.17) is 11.6 Å². The Morgan fingerprint density at radius 3 is 2.21 bits per heavy atom. The third-order valence-electron chi connectivity index (χ3n) is 7.22. The van der Waals surface area contributed by atoms with Gasteiger partial charge in [0.2, 0.25) is 0 Å². The maximum Gasteiger partial charge on any atom is 0.0608 e. The highest BCUT2D eigenvalue weighted by Gasteiger charge is 2.48. The molecular formula is C25H32ClNO. The number of benzene rings is 2. The SMILES string of the molecule is CC(C)(C)[C@H]1CC[C@H]2[C@H](C1)C(c1ccc(Cl)cc1)CC(c1ccccc1)N2O. The first-order valence-corrected chi connectivity index (χ1v) is 11.0. The van der Waals surface area contributed by atoms with Gasteiger partial charge in [-0.3, -0.25) is 0 Å². The van der Waals surface area contributed by atoms with Crippen LogP contribution in [0.4, 0.5) is 0 Å². The van der Waals surface area contributed by atoms with Gasteiger partial charge < -0.3 is 5.21 Å². The van der Waals surface area contributed by atoms with Gasteiger partial charge >= 0.3 is 0 Å². The minimum Gasteiger partial charge on any atom is -0.313 e. The van der Waals surface area contributed by atoms with Crippen molar-refractivity contribution in [3.05, 3.63) is 70.7 Å². The molecule has 2 unspecified atom stereocenters. The molecule has 150 valence electrons. The maximum absolute atomic E-state index is 11.2. The van der Waals surface area contributed by atoms with Gasteiger partial charge in [-0.2, -0.15) is 5.06 Å². The second-order valence-electron chi connectivity index (χ2n) is 9.81. The van der Waals surface area contributed by atoms with E-state index >= 15 is 0 Å². The van der Waals surface area contributed by atoms with E-state index in [0.717, 1.165) is 17.9 Å². The smallest absolute Gasteiger partial charge is 0.0608 e. The monoisotopic (exact) mass is 397 g/mol. The molecule has 1 N–H and O–H groups in total. The number of fused-ring (bicyclic) bond motifs is 1. The molecule has 3 heteroatoms. The summed E-state index contributed by atoms with van der Waals surface area (Å²) in [7, 11) is 0. The van der Waals surface area contributed by atoms with E-state index in [2.05, 4.69) is 57.2 Å². The number of hydrogen-bond donors (Lipinski definition) is 1. The molecule has 2 nitrogen and oxygen atoms in total. The van der Waals surface area contributed by atoms with Gasteiger partial charge in [-0.05, 0) is 72.1 Å². The second-order valence-corrected chi connectivity index (χ2v) is 10.2. The Kier molecular flexibility index (Phi) is 5.57. The quantitative estimate of drug-likeness (QED) is 0.584. The standard InChI is InChI=1S/C25H32ClNO/c1-25(2,3)19-11-14-23-22(15-19)21(17-9-12-20(26)13-10-17)16-24(27(23)28)18-7-5-4-6-8-18/h4-10,12-13,19,21-24,28H,11,14-16H2,1-3H3/t19-,21?,22+,23-,24?/m0/s1. The zero-order valence-corrected chi connectivity index (χ0v) is 17.9. The van der Waals surface area contributed by atoms with Crippen LogP contribution >= 0.6 is 11.6 Å². The zero-order valence-electron chi connectivity index (χ0n) is 17.2. The Hall–Kier alpha value is -1.35. The molecule has 2 aliphatic rings. The third-order valence-corrected chi connectivity index (χ3v) is 7.47. The largest absolute Gasteiger partial charge is 0.313 e. The molecule has 28 heavy (non-hydrogen) atoms. The third kappa shape index (κ3) is 3.87. The Morgan fingerprint density at radius 1 is 0.893 bits per heavy atom. The van der Waals surface area contributed by atoms with Crippen LogP contribution in [0.25, 0.3) is 0 Å². The molecule has 0 aromatic heterocycles. The van der Waals surface area contributed by atoms with E-state index in [0.29, 0.717) is 23.2 Å². The van der Waals surface area contributed by atoms with E-state index in [1.807, 2.05) is 18.2 Å². The van der Waals surface area contributed by atoms with Crippen LogP contribution in [0.2, 0.25) is 5.02 Å². The van der Waals surface area contributed by atoms with Gasteiger partial charge in [-0.15, -0.1) is 0 Å². The fourth-order valence-electron chi connectivity index (χ4n) is 5.55. The minimum absolute atomic E-state index is 0.0503. The van der Waals surface area contributed by atoms with Crippen LogP contribution in [0.5, 0.6) is 0 Å². The molecular weight excluding hydrogens is 366 g/mol. The van der Waals surface area contributed by atoms with Crippen molar-refractivity contribution < 1.29 is 5.21 Å². The van der Waals surface area contributed by atoms with Crippen LogP contribution in [-0.2, 0) is 0 Å². The van der Waals surface area contributed by atoms with Crippen LogP contribution in [0.1, 0.15) is 69.5 Å². The van der Waals surface area contributed by atoms with Crippen molar-refractivity contribution in [3.8, 4) is 0 Å². The Labute approximate surface area is 174 Å². The Balaban J connectivity index is 1.70. The number of hydrogen-bond acceptors (Lipinski definition) is 2. The fourth-order valence-corrected chi connectivity index (χ4v) is 5.67. The predicted octanol–water partition coefficient (Wildman–Crippen LogP) is 7.09. The van der Waals surface area contributed by atoms with Crippen molar-refractivity contribution in [3.63, 3.8) is 0 Å². The average Bonchev–Trinajstić information content (AvgIpc) is 2.69. The molecule has 0 spiro atoms. The zero-order chi connectivity index (χ0) is 19.9. The van der Waals surface area contributed by atoms with E-state index < -0.39 is 0 Å². The number of hydroxylamine groups is 2. The van der Waals surface area contributed by atoms with Crippen molar-refractivity contribution in [1.29, 1.82) is 0 Å². The van der Waals surface area contributed by atoms with Gasteiger partial charge in [-0.25, -0.2) is 0 Å². The summed E-state index contributed by atoms with van der Waals surface area (Å²) in [6, 6.07) is 19.2. The van der Waals surface area contributed by atoms with Crippen LogP contribution in [0.3, 0.4) is 0 Å². The summed E-state index contributed by atoms with van der Waals surface area (Å²) >= 11 is 6.17. The highest BCUT2D eigenvalue weighted by atomic mass is 35.5. The first-order valence-electron chi connectivity index (χ1n) is 10.6. The van der Waals surface area contributed by atoms with Gasteiger partial charge in [0.25, 0.3) is 0 Å². The van der Waals surface area contributed by atoms with Crippen LogP contribution in [0.15, 0.2) is 54.6 Å². The highest BCUT2D eigenvalue weighted by Crippen LogP contribution is 2.53. The lowest BCUT2D eigenvalue weighted by molar-refractivity contribution is -0.213. The van der Waals surface area contributed by atoms with Gasteiger partial charge in [0.15, 0.2) is 0 Å². The number of halogens is 1. The number of piperidine rings is 1. The summed E-state index contributed by atoms with van der Waals surface area (Å²) in [5.41, 5.74) is 2.88. The summed E-state index contributed by atoms with van der Waals surface area (Å²) in [6.45, 7) is 7.09. The van der Waals surface area contributed by atoms with Crippen LogP contribution in [-0.4, -0.2) is 16.3 Å². The van der Waals surface area contributed by atoms with Gasteiger partial charge in [0, 0.05) is 11.1 Å². The van der Waals surface area contributed by atoms with Gasteiger partial charge in [-0.1, -0.05) is 74.8 Å². The molecule has 1 heterocycles. The molecule has 1 aliphatic heterocycles. The summed E-state index contributed by atoms with van der Waals surface area (Å²) in [6.07, 6.45) is 4.38. The van der Waals surface area contributed by atoms with Gasteiger partial charge in [0.05, 0.1) is 6.04 Å². The lowest BCUT2D eigenvalue weighted by atomic mass is 9.61. The Morgan fingerprint density at radius 2 is 1.57 bits per heavy atom. The van der Waals surface area contributed by atoms with E-state index in [1.54, 1.807) is 5.06 Å². The average molecular weight is 398 g/mol. The highest BCUT2D eigenvalue weighted by molar-refractivity contribution is 6.30. The molecule has 2 aromatic carbocycles. The summed E-state index contributed by atoms with van der Waals surface area (Å²) < 4.78 is 0. The summed E-state index contributed by atoms with van der Waals surface area (Å²) in [5.74, 6) is 1.62. The van der Waals surface area contributed by atoms with Crippen molar-refractivity contribution in [2.75, 3.05) is 0 Å². The maximum atomic E-state index is 11.2. The first-order chi connectivity index (χ1) is 13.3.